The lowest BCUT2D eigenvalue weighted by Gasteiger charge is -2.26. The van der Waals surface area contributed by atoms with Gasteiger partial charge in [0.1, 0.15) is 17.3 Å². The molecule has 4 rings (SSSR count). The number of benzene rings is 2. The maximum atomic E-state index is 13.8. The monoisotopic (exact) mass is 431 g/mol. The quantitative estimate of drug-likeness (QED) is 0.663. The number of carbonyl (C=O) groups is 2. The molecule has 0 saturated heterocycles. The Morgan fingerprint density at radius 1 is 1.13 bits per heavy atom. The normalized spacial score (nSPS) is 13.1. The second-order valence-electron chi connectivity index (χ2n) is 6.75. The van der Waals surface area contributed by atoms with Crippen LogP contribution >= 0.6 is 11.6 Å². The van der Waals surface area contributed by atoms with E-state index in [9.17, 15) is 18.4 Å². The standard InChI is InChI=1S/C20H16ClF2N5O2/c21-14-9-13(4-5-15(14)23)25-19(29)17-16-10-27(20(24)30)6-7-28(16)26-18(17)11-2-1-3-12(22)8-11/h1-5,8-9H,6-7,10H2,(H2,24,30)(H,25,29). The largest absolute Gasteiger partial charge is 0.351 e. The summed E-state index contributed by atoms with van der Waals surface area (Å²) in [6, 6.07) is 8.87. The van der Waals surface area contributed by atoms with Crippen LogP contribution in [0.4, 0.5) is 19.3 Å². The van der Waals surface area contributed by atoms with Gasteiger partial charge in [0.15, 0.2) is 0 Å². The van der Waals surface area contributed by atoms with Crippen molar-refractivity contribution in [3.05, 3.63) is 70.4 Å². The van der Waals surface area contributed by atoms with E-state index in [0.717, 1.165) is 6.07 Å². The molecule has 0 unspecified atom stereocenters. The van der Waals surface area contributed by atoms with Gasteiger partial charge in [-0.15, -0.1) is 0 Å². The third-order valence-electron chi connectivity index (χ3n) is 4.79. The van der Waals surface area contributed by atoms with Crippen LogP contribution in [0.25, 0.3) is 11.3 Å². The van der Waals surface area contributed by atoms with E-state index in [-0.39, 0.29) is 28.5 Å². The van der Waals surface area contributed by atoms with Crippen molar-refractivity contribution in [1.29, 1.82) is 0 Å². The maximum absolute atomic E-state index is 13.8. The van der Waals surface area contributed by atoms with Gasteiger partial charge in [-0.1, -0.05) is 23.7 Å². The lowest BCUT2D eigenvalue weighted by molar-refractivity contribution is 0.102. The van der Waals surface area contributed by atoms with Crippen molar-refractivity contribution < 1.29 is 18.4 Å². The van der Waals surface area contributed by atoms with Crippen LogP contribution < -0.4 is 11.1 Å². The molecule has 2 heterocycles. The summed E-state index contributed by atoms with van der Waals surface area (Å²) in [6.07, 6.45) is 0. The van der Waals surface area contributed by atoms with Crippen molar-refractivity contribution >= 4 is 29.2 Å². The fourth-order valence-electron chi connectivity index (χ4n) is 3.35. The molecular weight excluding hydrogens is 416 g/mol. The van der Waals surface area contributed by atoms with Gasteiger partial charge < -0.3 is 16.0 Å². The second kappa shape index (κ2) is 7.75. The molecule has 0 saturated carbocycles. The second-order valence-corrected chi connectivity index (χ2v) is 7.15. The minimum absolute atomic E-state index is 0.0740. The molecule has 0 aliphatic carbocycles. The molecule has 7 nitrogen and oxygen atoms in total. The zero-order valence-electron chi connectivity index (χ0n) is 15.5. The summed E-state index contributed by atoms with van der Waals surface area (Å²) >= 11 is 5.79. The highest BCUT2D eigenvalue weighted by atomic mass is 35.5. The highest BCUT2D eigenvalue weighted by Gasteiger charge is 2.30. The van der Waals surface area contributed by atoms with Gasteiger partial charge in [0.05, 0.1) is 29.4 Å². The third kappa shape index (κ3) is 3.71. The summed E-state index contributed by atoms with van der Waals surface area (Å²) < 4.78 is 28.8. The number of fused-ring (bicyclic) bond motifs is 1. The van der Waals surface area contributed by atoms with E-state index in [1.165, 1.54) is 35.2 Å². The zero-order chi connectivity index (χ0) is 21.4. The lowest BCUT2D eigenvalue weighted by atomic mass is 10.0. The Bertz CT molecular complexity index is 1160. The topological polar surface area (TPSA) is 93.2 Å². The number of rotatable bonds is 3. The minimum atomic E-state index is -0.619. The molecule has 1 aromatic heterocycles. The fourth-order valence-corrected chi connectivity index (χ4v) is 3.53. The Morgan fingerprint density at radius 2 is 1.93 bits per heavy atom. The van der Waals surface area contributed by atoms with Crippen LogP contribution in [0.2, 0.25) is 5.02 Å². The number of hydrogen-bond acceptors (Lipinski definition) is 3. The molecule has 3 N–H and O–H groups in total. The lowest BCUT2D eigenvalue weighted by Crippen LogP contribution is -2.42. The Hall–Kier alpha value is -3.46. The van der Waals surface area contributed by atoms with Crippen molar-refractivity contribution in [2.24, 2.45) is 5.73 Å². The Balaban J connectivity index is 1.79. The number of amides is 3. The van der Waals surface area contributed by atoms with Gasteiger partial charge in [-0.25, -0.2) is 13.6 Å². The Labute approximate surface area is 175 Å². The highest BCUT2D eigenvalue weighted by molar-refractivity contribution is 6.31. The molecular formula is C20H16ClF2N5O2. The number of primary amides is 1. The number of aromatic nitrogens is 2. The number of halogens is 3. The molecule has 0 spiro atoms. The Kier molecular flexibility index (Phi) is 5.13. The summed E-state index contributed by atoms with van der Waals surface area (Å²) in [5.74, 6) is -1.64. The number of carbonyl (C=O) groups excluding carboxylic acids is 2. The zero-order valence-corrected chi connectivity index (χ0v) is 16.3. The van der Waals surface area contributed by atoms with Gasteiger partial charge in [-0.3, -0.25) is 9.48 Å². The number of urea groups is 1. The van der Waals surface area contributed by atoms with Crippen LogP contribution in [0.1, 0.15) is 16.1 Å². The SMILES string of the molecule is NC(=O)N1CCn2nc(-c3cccc(F)c3)c(C(=O)Nc3ccc(F)c(Cl)c3)c2C1. The summed E-state index contributed by atoms with van der Waals surface area (Å²) in [6.45, 7) is 0.738. The van der Waals surface area contributed by atoms with Crippen molar-refractivity contribution in [3.8, 4) is 11.3 Å². The molecule has 0 fully saturated rings. The molecule has 1 aliphatic rings. The maximum Gasteiger partial charge on any atom is 0.315 e. The average molecular weight is 432 g/mol. The fraction of sp³-hybridized carbons (Fsp3) is 0.150. The van der Waals surface area contributed by atoms with Crippen LogP contribution in [0.15, 0.2) is 42.5 Å². The van der Waals surface area contributed by atoms with E-state index in [4.69, 9.17) is 17.3 Å². The van der Waals surface area contributed by atoms with Crippen molar-refractivity contribution in [1.82, 2.24) is 14.7 Å². The van der Waals surface area contributed by atoms with Crippen LogP contribution in [0.3, 0.4) is 0 Å². The van der Waals surface area contributed by atoms with Gasteiger partial charge >= 0.3 is 6.03 Å². The number of hydrogen-bond donors (Lipinski definition) is 2. The van der Waals surface area contributed by atoms with E-state index in [0.29, 0.717) is 24.3 Å². The first kappa shape index (κ1) is 19.8. The number of nitrogens with zero attached hydrogens (tertiary/aromatic N) is 3. The number of nitrogens with one attached hydrogen (secondary N) is 1. The first-order valence-corrected chi connectivity index (χ1v) is 9.37. The van der Waals surface area contributed by atoms with Gasteiger partial charge in [0.2, 0.25) is 0 Å². The summed E-state index contributed by atoms with van der Waals surface area (Å²) in [5.41, 5.74) is 6.99. The van der Waals surface area contributed by atoms with Crippen LogP contribution in [0.5, 0.6) is 0 Å². The van der Waals surface area contributed by atoms with Crippen LogP contribution in [-0.2, 0) is 13.1 Å². The van der Waals surface area contributed by atoms with Crippen LogP contribution in [-0.4, -0.2) is 33.2 Å². The predicted octanol–water partition coefficient (Wildman–Crippen LogP) is 3.63. The minimum Gasteiger partial charge on any atom is -0.351 e. The van der Waals surface area contributed by atoms with Gasteiger partial charge in [0.25, 0.3) is 5.91 Å². The summed E-state index contributed by atoms with van der Waals surface area (Å²) in [4.78, 5) is 26.2. The molecule has 30 heavy (non-hydrogen) atoms. The van der Waals surface area contributed by atoms with Crippen molar-refractivity contribution in [2.45, 2.75) is 13.1 Å². The van der Waals surface area contributed by atoms with Gasteiger partial charge in [-0.2, -0.15) is 5.10 Å². The van der Waals surface area contributed by atoms with Gasteiger partial charge in [0, 0.05) is 17.8 Å². The average Bonchev–Trinajstić information content (AvgIpc) is 3.09. The van der Waals surface area contributed by atoms with Crippen molar-refractivity contribution in [2.75, 3.05) is 11.9 Å². The van der Waals surface area contributed by atoms with E-state index in [1.807, 2.05) is 0 Å². The first-order chi connectivity index (χ1) is 14.3. The molecule has 10 heteroatoms. The molecule has 2 aromatic carbocycles. The number of anilines is 1. The smallest absolute Gasteiger partial charge is 0.315 e. The Morgan fingerprint density at radius 3 is 2.63 bits per heavy atom. The van der Waals surface area contributed by atoms with Crippen molar-refractivity contribution in [3.63, 3.8) is 0 Å². The molecule has 0 radical (unpaired) electrons. The number of nitrogens with two attached hydrogens (primary N) is 1. The summed E-state index contributed by atoms with van der Waals surface area (Å²) in [5, 5.41) is 6.99. The third-order valence-corrected chi connectivity index (χ3v) is 5.08. The molecule has 3 aromatic rings. The van der Waals surface area contributed by atoms with Crippen LogP contribution in [0, 0.1) is 11.6 Å². The molecule has 0 atom stereocenters. The van der Waals surface area contributed by atoms with E-state index in [2.05, 4.69) is 10.4 Å². The predicted molar refractivity (Wildman–Crippen MR) is 107 cm³/mol. The molecule has 154 valence electrons. The molecule has 3 amide bonds. The highest BCUT2D eigenvalue weighted by Crippen LogP contribution is 2.30. The van der Waals surface area contributed by atoms with E-state index in [1.54, 1.807) is 10.7 Å². The first-order valence-electron chi connectivity index (χ1n) is 9.00. The summed E-state index contributed by atoms with van der Waals surface area (Å²) in [7, 11) is 0. The van der Waals surface area contributed by atoms with E-state index >= 15 is 0 Å². The molecule has 0 bridgehead atoms. The molecule has 1 aliphatic heterocycles. The van der Waals surface area contributed by atoms with E-state index < -0.39 is 23.6 Å². The van der Waals surface area contributed by atoms with Gasteiger partial charge in [-0.05, 0) is 30.3 Å².